The number of nitrogens with zero attached hydrogens (tertiary/aromatic N) is 4. The van der Waals surface area contributed by atoms with E-state index in [0.29, 0.717) is 12.4 Å². The van der Waals surface area contributed by atoms with Gasteiger partial charge in [-0.2, -0.15) is 5.10 Å². The molecule has 0 radical (unpaired) electrons. The van der Waals surface area contributed by atoms with Gasteiger partial charge in [0, 0.05) is 23.3 Å². The van der Waals surface area contributed by atoms with Crippen LogP contribution in [0.15, 0.2) is 90.7 Å². The fourth-order valence-electron chi connectivity index (χ4n) is 4.69. The van der Waals surface area contributed by atoms with E-state index in [0.717, 1.165) is 66.2 Å². The summed E-state index contributed by atoms with van der Waals surface area (Å²) in [7, 11) is 0. The molecule has 8 heteroatoms. The second kappa shape index (κ2) is 9.24. The Kier molecular flexibility index (Phi) is 5.44. The molecule has 7 rings (SSSR count). The molecule has 184 valence electrons. The third-order valence-corrected chi connectivity index (χ3v) is 7.44. The number of aromatic nitrogens is 6. The molecule has 0 saturated carbocycles. The van der Waals surface area contributed by atoms with Crippen LogP contribution >= 0.6 is 11.3 Å². The van der Waals surface area contributed by atoms with E-state index in [-0.39, 0.29) is 0 Å². The smallest absolute Gasteiger partial charge is 0.159 e. The molecular weight excluding hydrogens is 492 g/mol. The van der Waals surface area contributed by atoms with Crippen molar-refractivity contribution in [3.8, 4) is 39.0 Å². The summed E-state index contributed by atoms with van der Waals surface area (Å²) in [5, 5.41) is 10.8. The van der Waals surface area contributed by atoms with Crippen molar-refractivity contribution in [1.29, 1.82) is 0 Å². The zero-order valence-corrected chi connectivity index (χ0v) is 21.3. The van der Waals surface area contributed by atoms with Gasteiger partial charge in [-0.3, -0.25) is 15.1 Å². The number of hydrogen-bond acceptors (Lipinski definition) is 6. The number of ether oxygens (including phenoxy) is 1. The number of nitrogens with one attached hydrogen (secondary N) is 2. The molecule has 0 atom stereocenters. The van der Waals surface area contributed by atoms with E-state index >= 15 is 0 Å². The van der Waals surface area contributed by atoms with Crippen LogP contribution in [0.2, 0.25) is 0 Å². The molecule has 0 spiro atoms. The second-order valence-electron chi connectivity index (χ2n) is 9.09. The fourth-order valence-corrected chi connectivity index (χ4v) is 5.41. The van der Waals surface area contributed by atoms with E-state index in [1.165, 1.54) is 0 Å². The number of thiophene rings is 1. The monoisotopic (exact) mass is 514 g/mol. The number of fused-ring (bicyclic) bond motifs is 2. The van der Waals surface area contributed by atoms with Crippen molar-refractivity contribution in [3.05, 3.63) is 102 Å². The van der Waals surface area contributed by atoms with Crippen LogP contribution in [-0.2, 0) is 6.61 Å². The van der Waals surface area contributed by atoms with Gasteiger partial charge in [-0.25, -0.2) is 4.98 Å². The average molecular weight is 515 g/mol. The van der Waals surface area contributed by atoms with Crippen LogP contribution in [-0.4, -0.2) is 30.1 Å². The van der Waals surface area contributed by atoms with Crippen molar-refractivity contribution in [2.45, 2.75) is 13.5 Å². The molecule has 0 amide bonds. The minimum absolute atomic E-state index is 0.490. The first kappa shape index (κ1) is 22.4. The maximum Gasteiger partial charge on any atom is 0.159 e. The number of pyridine rings is 2. The molecule has 2 aromatic carbocycles. The molecule has 5 aromatic heterocycles. The van der Waals surface area contributed by atoms with Gasteiger partial charge >= 0.3 is 0 Å². The van der Waals surface area contributed by atoms with Gasteiger partial charge in [0.25, 0.3) is 0 Å². The molecule has 5 heterocycles. The lowest BCUT2D eigenvalue weighted by Crippen LogP contribution is -1.96. The Labute approximate surface area is 222 Å². The molecule has 7 nitrogen and oxygen atoms in total. The van der Waals surface area contributed by atoms with Crippen LogP contribution in [0.1, 0.15) is 11.1 Å². The summed E-state index contributed by atoms with van der Waals surface area (Å²) < 4.78 is 6.03. The van der Waals surface area contributed by atoms with Crippen molar-refractivity contribution in [2.75, 3.05) is 0 Å². The van der Waals surface area contributed by atoms with Gasteiger partial charge in [-0.15, -0.1) is 11.3 Å². The van der Waals surface area contributed by atoms with E-state index in [1.54, 1.807) is 17.5 Å². The molecule has 0 fully saturated rings. The summed E-state index contributed by atoms with van der Waals surface area (Å²) in [6.07, 6.45) is 5.42. The Hall–Kier alpha value is -4.82. The van der Waals surface area contributed by atoms with Crippen molar-refractivity contribution in [1.82, 2.24) is 30.1 Å². The molecule has 2 N–H and O–H groups in total. The fraction of sp³-hybridized carbons (Fsp3) is 0.0667. The molecular formula is C30H22N6OS. The number of aromatic amines is 2. The highest BCUT2D eigenvalue weighted by Crippen LogP contribution is 2.35. The van der Waals surface area contributed by atoms with E-state index in [9.17, 15) is 0 Å². The minimum Gasteiger partial charge on any atom is -0.487 e. The van der Waals surface area contributed by atoms with Crippen molar-refractivity contribution in [2.24, 2.45) is 0 Å². The maximum atomic E-state index is 6.03. The third kappa shape index (κ3) is 4.01. The molecule has 0 aliphatic rings. The van der Waals surface area contributed by atoms with Crippen LogP contribution in [0.3, 0.4) is 0 Å². The number of H-pyrrole nitrogens is 2. The van der Waals surface area contributed by atoms with E-state index < -0.39 is 0 Å². The van der Waals surface area contributed by atoms with Gasteiger partial charge < -0.3 is 9.72 Å². The lowest BCUT2D eigenvalue weighted by Gasteiger charge is -2.10. The van der Waals surface area contributed by atoms with Gasteiger partial charge in [-0.05, 0) is 59.3 Å². The Morgan fingerprint density at radius 2 is 1.84 bits per heavy atom. The topological polar surface area (TPSA) is 92.4 Å². The zero-order valence-electron chi connectivity index (χ0n) is 20.5. The molecule has 0 bridgehead atoms. The van der Waals surface area contributed by atoms with E-state index in [4.69, 9.17) is 9.72 Å². The van der Waals surface area contributed by atoms with E-state index in [2.05, 4.69) is 50.3 Å². The van der Waals surface area contributed by atoms with Crippen LogP contribution in [0.4, 0.5) is 0 Å². The Morgan fingerprint density at radius 3 is 2.71 bits per heavy atom. The normalized spacial score (nSPS) is 11.4. The predicted octanol–water partition coefficient (Wildman–Crippen LogP) is 7.18. The molecule has 38 heavy (non-hydrogen) atoms. The molecule has 7 aromatic rings. The summed E-state index contributed by atoms with van der Waals surface area (Å²) in [6.45, 7) is 2.58. The molecule has 0 aliphatic carbocycles. The van der Waals surface area contributed by atoms with Gasteiger partial charge in [0.2, 0.25) is 0 Å². The van der Waals surface area contributed by atoms with Gasteiger partial charge in [0.05, 0.1) is 22.1 Å². The third-order valence-electron chi connectivity index (χ3n) is 6.56. The van der Waals surface area contributed by atoms with Crippen molar-refractivity contribution < 1.29 is 4.74 Å². The Bertz CT molecular complexity index is 1890. The lowest BCUT2D eigenvalue weighted by atomic mass is 9.99. The maximum absolute atomic E-state index is 6.03. The summed E-state index contributed by atoms with van der Waals surface area (Å²) in [6, 6.07) is 22.4. The van der Waals surface area contributed by atoms with Crippen LogP contribution < -0.4 is 4.74 Å². The summed E-state index contributed by atoms with van der Waals surface area (Å²) in [5.41, 5.74) is 8.61. The predicted molar refractivity (Wildman–Crippen MR) is 151 cm³/mol. The van der Waals surface area contributed by atoms with Gasteiger partial charge in [0.15, 0.2) is 5.82 Å². The molecule has 0 aliphatic heterocycles. The number of hydrogen-bond donors (Lipinski definition) is 2. The lowest BCUT2D eigenvalue weighted by molar-refractivity contribution is 0.305. The number of benzene rings is 2. The number of rotatable bonds is 6. The number of aryl methyl sites for hydroxylation is 1. The number of imidazole rings is 1. The van der Waals surface area contributed by atoms with Crippen LogP contribution in [0, 0.1) is 6.92 Å². The minimum atomic E-state index is 0.490. The zero-order chi connectivity index (χ0) is 25.5. The quantitative estimate of drug-likeness (QED) is 0.245. The largest absolute Gasteiger partial charge is 0.487 e. The highest BCUT2D eigenvalue weighted by molar-refractivity contribution is 7.13. The SMILES string of the molecule is Cc1cc2[nH]nc(-c3nc4c(-c5cccs5)nccc4[nH]3)c2cc1-c1cncc(OCc2ccccc2)c1. The van der Waals surface area contributed by atoms with E-state index in [1.807, 2.05) is 66.3 Å². The van der Waals surface area contributed by atoms with Gasteiger partial charge in [-0.1, -0.05) is 36.4 Å². The van der Waals surface area contributed by atoms with Crippen molar-refractivity contribution in [3.63, 3.8) is 0 Å². The first-order chi connectivity index (χ1) is 18.7. The first-order valence-electron chi connectivity index (χ1n) is 12.2. The van der Waals surface area contributed by atoms with Crippen LogP contribution in [0.25, 0.3) is 55.2 Å². The Balaban J connectivity index is 1.27. The Morgan fingerprint density at radius 1 is 0.921 bits per heavy atom. The first-order valence-corrected chi connectivity index (χ1v) is 13.1. The average Bonchev–Trinajstić information content (AvgIpc) is 3.71. The standard InChI is InChI=1S/C30H22N6OS/c1-18-12-25-23(14-22(18)20-13-21(16-31-15-20)37-17-19-6-3-2-4-7-19)27(36-35-25)30-33-24-9-10-32-29(28(24)34-30)26-8-5-11-38-26/h2-16H,17H2,1H3,(H,33,34)(H,35,36). The van der Waals surface area contributed by atoms with Gasteiger partial charge in [0.1, 0.15) is 29.3 Å². The molecule has 0 saturated heterocycles. The summed E-state index contributed by atoms with van der Waals surface area (Å²) in [4.78, 5) is 18.5. The summed E-state index contributed by atoms with van der Waals surface area (Å²) in [5.74, 6) is 1.43. The van der Waals surface area contributed by atoms with Crippen molar-refractivity contribution >= 4 is 33.3 Å². The highest BCUT2D eigenvalue weighted by atomic mass is 32.1. The highest BCUT2D eigenvalue weighted by Gasteiger charge is 2.18. The van der Waals surface area contributed by atoms with Crippen LogP contribution in [0.5, 0.6) is 5.75 Å². The summed E-state index contributed by atoms with van der Waals surface area (Å²) >= 11 is 1.65. The molecule has 0 unspecified atom stereocenters. The second-order valence-corrected chi connectivity index (χ2v) is 10.0.